The zero-order valence-electron chi connectivity index (χ0n) is 12.4. The highest BCUT2D eigenvalue weighted by molar-refractivity contribution is 14.1. The number of hydrogen-bond donors (Lipinski definition) is 0. The number of fused-ring (bicyclic) bond motifs is 3. The molecule has 1 aromatic carbocycles. The lowest BCUT2D eigenvalue weighted by Gasteiger charge is -2.29. The van der Waals surface area contributed by atoms with Gasteiger partial charge in [0.15, 0.2) is 0 Å². The molecular formula is C16H18INO3. The van der Waals surface area contributed by atoms with Crippen molar-refractivity contribution in [3.63, 3.8) is 0 Å². The Morgan fingerprint density at radius 1 is 1.38 bits per heavy atom. The summed E-state index contributed by atoms with van der Waals surface area (Å²) in [7, 11) is 0. The standard InChI is InChI=1S/C16H18INO3/c1-16(2,3)21-15(19)18-7-6-12-11-5-4-10(17)8-13(11)20-14(12)9-18/h4-5,8H,6-7,9H2,1-3H3. The Hall–Kier alpha value is -1.24. The van der Waals surface area contributed by atoms with E-state index in [0.29, 0.717) is 13.1 Å². The molecule has 1 aliphatic heterocycles. The summed E-state index contributed by atoms with van der Waals surface area (Å²) in [4.78, 5) is 13.9. The van der Waals surface area contributed by atoms with Crippen molar-refractivity contribution in [1.29, 1.82) is 0 Å². The van der Waals surface area contributed by atoms with E-state index in [1.54, 1.807) is 4.90 Å². The largest absolute Gasteiger partial charge is 0.459 e. The van der Waals surface area contributed by atoms with Gasteiger partial charge in [-0.05, 0) is 68.0 Å². The summed E-state index contributed by atoms with van der Waals surface area (Å²) in [5.74, 6) is 0.879. The van der Waals surface area contributed by atoms with Crippen LogP contribution in [0.2, 0.25) is 0 Å². The van der Waals surface area contributed by atoms with Crippen LogP contribution in [0.5, 0.6) is 0 Å². The van der Waals surface area contributed by atoms with Crippen molar-refractivity contribution in [3.05, 3.63) is 33.1 Å². The fraction of sp³-hybridized carbons (Fsp3) is 0.438. The molecule has 1 amide bonds. The maximum Gasteiger partial charge on any atom is 0.410 e. The van der Waals surface area contributed by atoms with Crippen molar-refractivity contribution in [2.24, 2.45) is 0 Å². The summed E-state index contributed by atoms with van der Waals surface area (Å²) in [6.07, 6.45) is 0.533. The molecular weight excluding hydrogens is 381 g/mol. The summed E-state index contributed by atoms with van der Waals surface area (Å²) < 4.78 is 12.5. The number of hydrogen-bond acceptors (Lipinski definition) is 3. The Morgan fingerprint density at radius 2 is 2.14 bits per heavy atom. The number of amides is 1. The van der Waals surface area contributed by atoms with Crippen LogP contribution in [-0.4, -0.2) is 23.1 Å². The van der Waals surface area contributed by atoms with E-state index in [1.165, 1.54) is 5.56 Å². The molecule has 0 atom stereocenters. The van der Waals surface area contributed by atoms with Crippen molar-refractivity contribution >= 4 is 39.7 Å². The van der Waals surface area contributed by atoms with Crippen molar-refractivity contribution in [2.75, 3.05) is 6.54 Å². The number of carbonyl (C=O) groups excluding carboxylic acids is 1. The summed E-state index contributed by atoms with van der Waals surface area (Å²) in [6.45, 7) is 6.79. The monoisotopic (exact) mass is 399 g/mol. The Kier molecular flexibility index (Phi) is 3.63. The minimum atomic E-state index is -0.471. The second-order valence-electron chi connectivity index (χ2n) is 6.30. The molecule has 0 unspecified atom stereocenters. The molecule has 0 radical (unpaired) electrons. The van der Waals surface area contributed by atoms with Crippen LogP contribution < -0.4 is 0 Å². The maximum absolute atomic E-state index is 12.2. The van der Waals surface area contributed by atoms with Crippen LogP contribution in [0.3, 0.4) is 0 Å². The van der Waals surface area contributed by atoms with Gasteiger partial charge >= 0.3 is 6.09 Å². The summed E-state index contributed by atoms with van der Waals surface area (Å²) in [5.41, 5.74) is 1.65. The second-order valence-corrected chi connectivity index (χ2v) is 7.54. The second kappa shape index (κ2) is 5.19. The summed E-state index contributed by atoms with van der Waals surface area (Å²) >= 11 is 2.27. The number of carbonyl (C=O) groups is 1. The van der Waals surface area contributed by atoms with E-state index in [9.17, 15) is 4.79 Å². The average molecular weight is 399 g/mol. The van der Waals surface area contributed by atoms with E-state index < -0.39 is 5.60 Å². The van der Waals surface area contributed by atoms with E-state index in [4.69, 9.17) is 9.15 Å². The van der Waals surface area contributed by atoms with Gasteiger partial charge in [-0.1, -0.05) is 0 Å². The van der Waals surface area contributed by atoms with Crippen LogP contribution in [0.4, 0.5) is 4.79 Å². The normalized spacial score (nSPS) is 15.1. The van der Waals surface area contributed by atoms with Gasteiger partial charge in [-0.15, -0.1) is 0 Å². The van der Waals surface area contributed by atoms with E-state index in [-0.39, 0.29) is 6.09 Å². The topological polar surface area (TPSA) is 42.7 Å². The van der Waals surface area contributed by atoms with Crippen molar-refractivity contribution in [2.45, 2.75) is 39.3 Å². The first kappa shape index (κ1) is 14.7. The molecule has 0 fully saturated rings. The van der Waals surface area contributed by atoms with E-state index in [1.807, 2.05) is 26.8 Å². The van der Waals surface area contributed by atoms with E-state index in [2.05, 4.69) is 34.7 Å². The SMILES string of the molecule is CC(C)(C)OC(=O)N1CCc2c(oc3cc(I)ccc23)C1. The molecule has 0 N–H and O–H groups in total. The first-order chi connectivity index (χ1) is 9.83. The Morgan fingerprint density at radius 3 is 2.86 bits per heavy atom. The van der Waals surface area contributed by atoms with Crippen LogP contribution in [-0.2, 0) is 17.7 Å². The predicted molar refractivity (Wildman–Crippen MR) is 89.3 cm³/mol. The fourth-order valence-electron chi connectivity index (χ4n) is 2.56. The molecule has 112 valence electrons. The minimum Gasteiger partial charge on any atom is -0.459 e. The zero-order chi connectivity index (χ0) is 15.2. The quantitative estimate of drug-likeness (QED) is 0.620. The summed E-state index contributed by atoms with van der Waals surface area (Å²) in [5, 5.41) is 1.16. The molecule has 3 rings (SSSR count). The molecule has 1 aromatic heterocycles. The lowest BCUT2D eigenvalue weighted by Crippen LogP contribution is -2.39. The molecule has 5 heteroatoms. The number of halogens is 1. The van der Waals surface area contributed by atoms with Crippen LogP contribution in [0.15, 0.2) is 22.6 Å². The van der Waals surface area contributed by atoms with Crippen molar-refractivity contribution < 1.29 is 13.9 Å². The molecule has 0 saturated heterocycles. The molecule has 0 spiro atoms. The molecule has 21 heavy (non-hydrogen) atoms. The third kappa shape index (κ3) is 3.02. The summed E-state index contributed by atoms with van der Waals surface area (Å²) in [6, 6.07) is 6.22. The Labute approximate surface area is 137 Å². The zero-order valence-corrected chi connectivity index (χ0v) is 14.6. The fourth-order valence-corrected chi connectivity index (χ4v) is 3.02. The molecule has 4 nitrogen and oxygen atoms in total. The number of furan rings is 1. The van der Waals surface area contributed by atoms with Crippen LogP contribution in [0, 0.1) is 3.57 Å². The third-order valence-electron chi connectivity index (χ3n) is 3.46. The highest BCUT2D eigenvalue weighted by Crippen LogP contribution is 2.31. The Balaban J connectivity index is 1.86. The first-order valence-corrected chi connectivity index (χ1v) is 8.09. The number of benzene rings is 1. The van der Waals surface area contributed by atoms with Crippen LogP contribution in [0.1, 0.15) is 32.1 Å². The average Bonchev–Trinajstić information content (AvgIpc) is 2.72. The molecule has 0 saturated carbocycles. The van der Waals surface area contributed by atoms with Gasteiger partial charge < -0.3 is 14.1 Å². The Bertz CT molecular complexity index is 699. The predicted octanol–water partition coefficient (Wildman–Crippen LogP) is 4.33. The van der Waals surface area contributed by atoms with E-state index >= 15 is 0 Å². The van der Waals surface area contributed by atoms with Gasteiger partial charge in [-0.2, -0.15) is 0 Å². The number of nitrogens with zero attached hydrogens (tertiary/aromatic N) is 1. The number of ether oxygens (including phenoxy) is 1. The van der Waals surface area contributed by atoms with Gasteiger partial charge in [0.2, 0.25) is 0 Å². The molecule has 0 bridgehead atoms. The van der Waals surface area contributed by atoms with Gasteiger partial charge in [0, 0.05) is 21.1 Å². The molecule has 0 aliphatic carbocycles. The minimum absolute atomic E-state index is 0.275. The van der Waals surface area contributed by atoms with Crippen molar-refractivity contribution in [3.8, 4) is 0 Å². The van der Waals surface area contributed by atoms with Gasteiger partial charge in [-0.25, -0.2) is 4.79 Å². The highest BCUT2D eigenvalue weighted by atomic mass is 127. The van der Waals surface area contributed by atoms with Crippen molar-refractivity contribution in [1.82, 2.24) is 4.90 Å². The first-order valence-electron chi connectivity index (χ1n) is 7.01. The van der Waals surface area contributed by atoms with Gasteiger partial charge in [-0.3, -0.25) is 0 Å². The third-order valence-corrected chi connectivity index (χ3v) is 4.13. The van der Waals surface area contributed by atoms with Gasteiger partial charge in [0.25, 0.3) is 0 Å². The smallest absolute Gasteiger partial charge is 0.410 e. The molecule has 2 heterocycles. The highest BCUT2D eigenvalue weighted by Gasteiger charge is 2.28. The number of rotatable bonds is 0. The molecule has 2 aromatic rings. The van der Waals surface area contributed by atoms with Gasteiger partial charge in [0.1, 0.15) is 16.9 Å². The maximum atomic E-state index is 12.2. The van der Waals surface area contributed by atoms with Gasteiger partial charge in [0.05, 0.1) is 6.54 Å². The van der Waals surface area contributed by atoms with Crippen LogP contribution in [0.25, 0.3) is 11.0 Å². The molecule has 1 aliphatic rings. The lowest BCUT2D eigenvalue weighted by molar-refractivity contribution is 0.0210. The lowest BCUT2D eigenvalue weighted by atomic mass is 10.0. The van der Waals surface area contributed by atoms with E-state index in [0.717, 1.165) is 26.7 Å². The van der Waals surface area contributed by atoms with Crippen LogP contribution >= 0.6 is 22.6 Å².